The van der Waals surface area contributed by atoms with Gasteiger partial charge in [-0.05, 0) is 49.9 Å². The van der Waals surface area contributed by atoms with E-state index >= 15 is 0 Å². The number of rotatable bonds is 3. The summed E-state index contributed by atoms with van der Waals surface area (Å²) >= 11 is 3.42. The van der Waals surface area contributed by atoms with Crippen molar-refractivity contribution in [1.29, 1.82) is 0 Å². The van der Waals surface area contributed by atoms with Crippen molar-refractivity contribution in [3.8, 4) is 0 Å². The van der Waals surface area contributed by atoms with Crippen LogP contribution in [0, 0.1) is 17.7 Å². The average molecular weight is 300 g/mol. The summed E-state index contributed by atoms with van der Waals surface area (Å²) in [6.45, 7) is 2.28. The van der Waals surface area contributed by atoms with Crippen LogP contribution in [0.25, 0.3) is 0 Å². The fourth-order valence-corrected chi connectivity index (χ4v) is 3.33. The largest absolute Gasteiger partial charge is 0.313 e. The lowest BCUT2D eigenvalue weighted by Gasteiger charge is -2.24. The minimum Gasteiger partial charge on any atom is -0.313 e. The maximum atomic E-state index is 13.9. The first kappa shape index (κ1) is 13.0. The molecule has 1 fully saturated rings. The standard InChI is InChI=1S/C14H19BrFN/c1-9-3-4-10(7-9)14(17-2)12-8-11(15)5-6-13(12)16/h5-6,8-10,14,17H,3-4,7H2,1-2H3. The second-order valence-electron chi connectivity index (χ2n) is 5.11. The molecule has 17 heavy (non-hydrogen) atoms. The molecule has 94 valence electrons. The number of hydrogen-bond donors (Lipinski definition) is 1. The topological polar surface area (TPSA) is 12.0 Å². The van der Waals surface area contributed by atoms with Gasteiger partial charge in [0.25, 0.3) is 0 Å². The molecular formula is C14H19BrFN. The minimum atomic E-state index is -0.105. The third-order valence-electron chi connectivity index (χ3n) is 3.81. The van der Waals surface area contributed by atoms with Gasteiger partial charge in [0.2, 0.25) is 0 Å². The lowest BCUT2D eigenvalue weighted by Crippen LogP contribution is -2.24. The lowest BCUT2D eigenvalue weighted by molar-refractivity contribution is 0.368. The molecule has 1 saturated carbocycles. The van der Waals surface area contributed by atoms with Crippen molar-refractivity contribution < 1.29 is 4.39 Å². The van der Waals surface area contributed by atoms with E-state index in [9.17, 15) is 4.39 Å². The van der Waals surface area contributed by atoms with E-state index in [4.69, 9.17) is 0 Å². The summed E-state index contributed by atoms with van der Waals surface area (Å²) in [5, 5.41) is 3.29. The summed E-state index contributed by atoms with van der Waals surface area (Å²) in [6, 6.07) is 5.34. The van der Waals surface area contributed by atoms with Gasteiger partial charge in [-0.15, -0.1) is 0 Å². The molecule has 0 aliphatic heterocycles. The van der Waals surface area contributed by atoms with Crippen molar-refractivity contribution in [1.82, 2.24) is 5.32 Å². The van der Waals surface area contributed by atoms with E-state index in [0.717, 1.165) is 16.0 Å². The van der Waals surface area contributed by atoms with Crippen LogP contribution in [0.3, 0.4) is 0 Å². The average Bonchev–Trinajstić information content (AvgIpc) is 2.71. The van der Waals surface area contributed by atoms with Gasteiger partial charge in [-0.25, -0.2) is 4.39 Å². The fraction of sp³-hybridized carbons (Fsp3) is 0.571. The first-order chi connectivity index (χ1) is 8.11. The number of nitrogens with one attached hydrogen (secondary N) is 1. The summed E-state index contributed by atoms with van der Waals surface area (Å²) in [5.74, 6) is 1.22. The maximum absolute atomic E-state index is 13.9. The molecule has 0 aromatic heterocycles. The Hall–Kier alpha value is -0.410. The molecule has 1 aliphatic carbocycles. The zero-order valence-electron chi connectivity index (χ0n) is 10.3. The van der Waals surface area contributed by atoms with E-state index in [2.05, 4.69) is 28.2 Å². The molecule has 0 radical (unpaired) electrons. The maximum Gasteiger partial charge on any atom is 0.128 e. The summed E-state index contributed by atoms with van der Waals surface area (Å²) in [7, 11) is 1.92. The van der Waals surface area contributed by atoms with Crippen LogP contribution < -0.4 is 5.32 Å². The quantitative estimate of drug-likeness (QED) is 0.878. The summed E-state index contributed by atoms with van der Waals surface area (Å²) < 4.78 is 14.8. The van der Waals surface area contributed by atoms with Gasteiger partial charge in [-0.2, -0.15) is 0 Å². The second kappa shape index (κ2) is 5.49. The summed E-state index contributed by atoms with van der Waals surface area (Å²) in [5.41, 5.74) is 0.793. The Labute approximate surface area is 111 Å². The third kappa shape index (κ3) is 2.89. The Balaban J connectivity index is 2.25. The van der Waals surface area contributed by atoms with E-state index in [-0.39, 0.29) is 11.9 Å². The van der Waals surface area contributed by atoms with Crippen LogP contribution in [-0.4, -0.2) is 7.05 Å². The van der Waals surface area contributed by atoms with Crippen molar-refractivity contribution in [3.63, 3.8) is 0 Å². The van der Waals surface area contributed by atoms with Crippen LogP contribution in [0.4, 0.5) is 4.39 Å². The van der Waals surface area contributed by atoms with Gasteiger partial charge in [-0.1, -0.05) is 29.3 Å². The monoisotopic (exact) mass is 299 g/mol. The molecule has 0 heterocycles. The Morgan fingerprint density at radius 2 is 2.18 bits per heavy atom. The number of benzene rings is 1. The lowest BCUT2D eigenvalue weighted by atomic mass is 9.91. The van der Waals surface area contributed by atoms with E-state index in [0.29, 0.717) is 5.92 Å². The summed E-state index contributed by atoms with van der Waals surface area (Å²) in [6.07, 6.45) is 3.65. The smallest absolute Gasteiger partial charge is 0.128 e. The van der Waals surface area contributed by atoms with Gasteiger partial charge in [0.1, 0.15) is 5.82 Å². The predicted molar refractivity (Wildman–Crippen MR) is 72.4 cm³/mol. The molecule has 0 saturated heterocycles. The van der Waals surface area contributed by atoms with Gasteiger partial charge in [0, 0.05) is 16.1 Å². The van der Waals surface area contributed by atoms with Crippen molar-refractivity contribution in [3.05, 3.63) is 34.1 Å². The van der Waals surface area contributed by atoms with Crippen molar-refractivity contribution in [2.45, 2.75) is 32.2 Å². The highest BCUT2D eigenvalue weighted by Gasteiger charge is 2.30. The molecule has 1 N–H and O–H groups in total. The van der Waals surface area contributed by atoms with Crippen molar-refractivity contribution >= 4 is 15.9 Å². The van der Waals surface area contributed by atoms with Gasteiger partial charge in [0.15, 0.2) is 0 Å². The molecular weight excluding hydrogens is 281 g/mol. The van der Waals surface area contributed by atoms with Crippen LogP contribution in [0.2, 0.25) is 0 Å². The summed E-state index contributed by atoms with van der Waals surface area (Å²) in [4.78, 5) is 0. The molecule has 0 bridgehead atoms. The van der Waals surface area contributed by atoms with E-state index in [1.807, 2.05) is 13.1 Å². The molecule has 3 heteroatoms. The number of hydrogen-bond acceptors (Lipinski definition) is 1. The molecule has 2 rings (SSSR count). The van der Waals surface area contributed by atoms with Gasteiger partial charge in [-0.3, -0.25) is 0 Å². The molecule has 3 atom stereocenters. The molecule has 0 amide bonds. The van der Waals surface area contributed by atoms with Crippen LogP contribution >= 0.6 is 15.9 Å². The van der Waals surface area contributed by atoms with Crippen LogP contribution in [0.15, 0.2) is 22.7 Å². The van der Waals surface area contributed by atoms with Crippen LogP contribution in [0.1, 0.15) is 37.8 Å². The van der Waals surface area contributed by atoms with Gasteiger partial charge in [0.05, 0.1) is 0 Å². The zero-order chi connectivity index (χ0) is 12.4. The normalized spacial score (nSPS) is 26.1. The van der Waals surface area contributed by atoms with Crippen LogP contribution in [-0.2, 0) is 0 Å². The number of halogens is 2. The van der Waals surface area contributed by atoms with Gasteiger partial charge >= 0.3 is 0 Å². The SMILES string of the molecule is CNC(c1cc(Br)ccc1F)C1CCC(C)C1. The minimum absolute atomic E-state index is 0.105. The molecule has 0 spiro atoms. The Morgan fingerprint density at radius 3 is 2.76 bits per heavy atom. The van der Waals surface area contributed by atoms with E-state index in [1.165, 1.54) is 19.3 Å². The van der Waals surface area contributed by atoms with Crippen molar-refractivity contribution in [2.24, 2.45) is 11.8 Å². The highest BCUT2D eigenvalue weighted by molar-refractivity contribution is 9.10. The van der Waals surface area contributed by atoms with Crippen molar-refractivity contribution in [2.75, 3.05) is 7.05 Å². The third-order valence-corrected chi connectivity index (χ3v) is 4.30. The Kier molecular flexibility index (Phi) is 4.21. The van der Waals surface area contributed by atoms with E-state index < -0.39 is 0 Å². The van der Waals surface area contributed by atoms with E-state index in [1.54, 1.807) is 12.1 Å². The highest BCUT2D eigenvalue weighted by atomic mass is 79.9. The van der Waals surface area contributed by atoms with Gasteiger partial charge < -0.3 is 5.32 Å². The molecule has 3 unspecified atom stereocenters. The second-order valence-corrected chi connectivity index (χ2v) is 6.03. The van der Waals surface area contributed by atoms with Crippen LogP contribution in [0.5, 0.6) is 0 Å². The predicted octanol–water partition coefficient (Wildman–Crippen LogP) is 4.28. The first-order valence-corrected chi connectivity index (χ1v) is 7.03. The Bertz CT molecular complexity index is 394. The Morgan fingerprint density at radius 1 is 1.41 bits per heavy atom. The molecule has 1 aromatic carbocycles. The highest BCUT2D eigenvalue weighted by Crippen LogP contribution is 2.39. The zero-order valence-corrected chi connectivity index (χ0v) is 11.9. The fourth-order valence-electron chi connectivity index (χ4n) is 2.95. The first-order valence-electron chi connectivity index (χ1n) is 6.24. The molecule has 1 nitrogen and oxygen atoms in total. The molecule has 1 aromatic rings. The molecule has 1 aliphatic rings.